The first-order valence-corrected chi connectivity index (χ1v) is 8.77. The van der Waals surface area contributed by atoms with Crippen molar-refractivity contribution in [3.63, 3.8) is 0 Å². The predicted molar refractivity (Wildman–Crippen MR) is 100 cm³/mol. The number of imide groups is 1. The summed E-state index contributed by atoms with van der Waals surface area (Å²) < 4.78 is 5.31. The summed E-state index contributed by atoms with van der Waals surface area (Å²) in [5.74, 6) is -0.767. The molecule has 1 N–H and O–H groups in total. The highest BCUT2D eigenvalue weighted by atomic mass is 16.5. The normalized spacial score (nSPS) is 13.0. The molecule has 1 aliphatic heterocycles. The third kappa shape index (κ3) is 3.29. The molecule has 0 saturated carbocycles. The van der Waals surface area contributed by atoms with Crippen LogP contribution in [0.1, 0.15) is 32.0 Å². The number of hydrogen-bond donors (Lipinski definition) is 1. The summed E-state index contributed by atoms with van der Waals surface area (Å²) in [5.41, 5.74) is 3.22. The second kappa shape index (κ2) is 7.11. The Morgan fingerprint density at radius 1 is 1.04 bits per heavy atom. The summed E-state index contributed by atoms with van der Waals surface area (Å²) in [6.07, 6.45) is 0. The highest BCUT2D eigenvalue weighted by molar-refractivity contribution is 6.22. The summed E-state index contributed by atoms with van der Waals surface area (Å²) >= 11 is 0. The SMILES string of the molecule is Cc1ccc(-c2cc(CNC(=O)CN3C(=O)c4ccccc4C3=O)no2)cc1. The molecule has 7 nitrogen and oxygen atoms in total. The molecule has 28 heavy (non-hydrogen) atoms. The van der Waals surface area contributed by atoms with E-state index in [4.69, 9.17) is 4.52 Å². The number of carbonyl (C=O) groups is 3. The lowest BCUT2D eigenvalue weighted by Crippen LogP contribution is -2.40. The number of aromatic nitrogens is 1. The zero-order valence-corrected chi connectivity index (χ0v) is 15.1. The molecule has 3 aromatic rings. The molecule has 0 spiro atoms. The van der Waals surface area contributed by atoms with Crippen LogP contribution in [0.25, 0.3) is 11.3 Å². The molecule has 0 fully saturated rings. The van der Waals surface area contributed by atoms with Crippen LogP contribution in [0.3, 0.4) is 0 Å². The first-order chi connectivity index (χ1) is 13.5. The number of rotatable bonds is 5. The van der Waals surface area contributed by atoms with Crippen molar-refractivity contribution in [2.75, 3.05) is 6.54 Å². The molecule has 140 valence electrons. The number of benzene rings is 2. The number of carbonyl (C=O) groups excluding carboxylic acids is 3. The van der Waals surface area contributed by atoms with Gasteiger partial charge in [0.25, 0.3) is 11.8 Å². The molecule has 0 bridgehead atoms. The van der Waals surface area contributed by atoms with Gasteiger partial charge in [-0.3, -0.25) is 19.3 Å². The van der Waals surface area contributed by atoms with Crippen LogP contribution in [-0.2, 0) is 11.3 Å². The minimum absolute atomic E-state index is 0.136. The van der Waals surface area contributed by atoms with Crippen LogP contribution < -0.4 is 5.32 Å². The van der Waals surface area contributed by atoms with Gasteiger partial charge in [0, 0.05) is 11.6 Å². The molecular weight excluding hydrogens is 358 g/mol. The number of aryl methyl sites for hydroxylation is 1. The van der Waals surface area contributed by atoms with Crippen molar-refractivity contribution in [2.45, 2.75) is 13.5 Å². The Morgan fingerprint density at radius 3 is 2.32 bits per heavy atom. The Labute approximate surface area is 160 Å². The van der Waals surface area contributed by atoms with Gasteiger partial charge in [-0.2, -0.15) is 0 Å². The fraction of sp³-hybridized carbons (Fsp3) is 0.143. The third-order valence-electron chi connectivity index (χ3n) is 4.54. The average molecular weight is 375 g/mol. The van der Waals surface area contributed by atoms with Crippen molar-refractivity contribution in [2.24, 2.45) is 0 Å². The molecule has 0 saturated heterocycles. The van der Waals surface area contributed by atoms with E-state index in [0.29, 0.717) is 22.6 Å². The highest BCUT2D eigenvalue weighted by Crippen LogP contribution is 2.22. The van der Waals surface area contributed by atoms with E-state index in [-0.39, 0.29) is 13.1 Å². The molecule has 0 radical (unpaired) electrons. The van der Waals surface area contributed by atoms with Gasteiger partial charge in [-0.05, 0) is 19.1 Å². The van der Waals surface area contributed by atoms with Gasteiger partial charge in [0.15, 0.2) is 5.76 Å². The van der Waals surface area contributed by atoms with Crippen molar-refractivity contribution >= 4 is 17.7 Å². The smallest absolute Gasteiger partial charge is 0.262 e. The van der Waals surface area contributed by atoms with Crippen LogP contribution in [0.5, 0.6) is 0 Å². The fourth-order valence-electron chi connectivity index (χ4n) is 3.02. The van der Waals surface area contributed by atoms with Crippen LogP contribution in [0, 0.1) is 6.92 Å². The summed E-state index contributed by atoms with van der Waals surface area (Å²) in [7, 11) is 0. The van der Waals surface area contributed by atoms with Crippen molar-refractivity contribution in [1.82, 2.24) is 15.4 Å². The predicted octanol–water partition coefficient (Wildman–Crippen LogP) is 2.56. The molecule has 2 heterocycles. The van der Waals surface area contributed by atoms with Gasteiger partial charge >= 0.3 is 0 Å². The lowest BCUT2D eigenvalue weighted by Gasteiger charge is -2.13. The third-order valence-corrected chi connectivity index (χ3v) is 4.54. The van der Waals surface area contributed by atoms with Crippen LogP contribution in [-0.4, -0.2) is 34.3 Å². The zero-order valence-electron chi connectivity index (χ0n) is 15.1. The second-order valence-electron chi connectivity index (χ2n) is 6.57. The van der Waals surface area contributed by atoms with Crippen molar-refractivity contribution in [3.05, 3.63) is 77.0 Å². The average Bonchev–Trinajstić information content (AvgIpc) is 3.27. The van der Waals surface area contributed by atoms with Crippen LogP contribution in [0.4, 0.5) is 0 Å². The van der Waals surface area contributed by atoms with Gasteiger partial charge in [-0.25, -0.2) is 0 Å². The summed E-state index contributed by atoms with van der Waals surface area (Å²) in [4.78, 5) is 37.8. The van der Waals surface area contributed by atoms with E-state index in [1.165, 1.54) is 0 Å². The van der Waals surface area contributed by atoms with Gasteiger partial charge in [0.2, 0.25) is 5.91 Å². The van der Waals surface area contributed by atoms with E-state index in [0.717, 1.165) is 16.0 Å². The fourth-order valence-corrected chi connectivity index (χ4v) is 3.02. The van der Waals surface area contributed by atoms with E-state index in [1.54, 1.807) is 30.3 Å². The molecule has 2 aromatic carbocycles. The highest BCUT2D eigenvalue weighted by Gasteiger charge is 2.36. The zero-order chi connectivity index (χ0) is 19.7. The molecule has 7 heteroatoms. The molecule has 0 unspecified atom stereocenters. The lowest BCUT2D eigenvalue weighted by molar-refractivity contribution is -0.121. The molecule has 0 atom stereocenters. The van der Waals surface area contributed by atoms with E-state index < -0.39 is 17.7 Å². The topological polar surface area (TPSA) is 92.5 Å². The van der Waals surface area contributed by atoms with Gasteiger partial charge in [0.1, 0.15) is 12.2 Å². The first-order valence-electron chi connectivity index (χ1n) is 8.77. The van der Waals surface area contributed by atoms with E-state index >= 15 is 0 Å². The Hall–Kier alpha value is -3.74. The molecule has 3 amide bonds. The van der Waals surface area contributed by atoms with E-state index in [1.807, 2.05) is 31.2 Å². The molecule has 1 aliphatic rings. The van der Waals surface area contributed by atoms with Gasteiger partial charge < -0.3 is 9.84 Å². The van der Waals surface area contributed by atoms with Gasteiger partial charge in [-0.15, -0.1) is 0 Å². The monoisotopic (exact) mass is 375 g/mol. The molecule has 0 aliphatic carbocycles. The quantitative estimate of drug-likeness (QED) is 0.692. The molecular formula is C21H17N3O4. The van der Waals surface area contributed by atoms with Crippen molar-refractivity contribution < 1.29 is 18.9 Å². The van der Waals surface area contributed by atoms with Crippen LogP contribution in [0.2, 0.25) is 0 Å². The summed E-state index contributed by atoms with van der Waals surface area (Å²) in [5, 5.41) is 6.60. The summed E-state index contributed by atoms with van der Waals surface area (Å²) in [6, 6.07) is 16.1. The summed E-state index contributed by atoms with van der Waals surface area (Å²) in [6.45, 7) is 1.80. The van der Waals surface area contributed by atoms with Crippen molar-refractivity contribution in [1.29, 1.82) is 0 Å². The van der Waals surface area contributed by atoms with Crippen LogP contribution >= 0.6 is 0 Å². The first kappa shape index (κ1) is 17.7. The maximum Gasteiger partial charge on any atom is 0.262 e. The van der Waals surface area contributed by atoms with Crippen molar-refractivity contribution in [3.8, 4) is 11.3 Å². The minimum atomic E-state index is -0.459. The minimum Gasteiger partial charge on any atom is -0.356 e. The van der Waals surface area contributed by atoms with E-state index in [9.17, 15) is 14.4 Å². The number of fused-ring (bicyclic) bond motifs is 1. The number of nitrogens with zero attached hydrogens (tertiary/aromatic N) is 2. The number of nitrogens with one attached hydrogen (secondary N) is 1. The second-order valence-corrected chi connectivity index (χ2v) is 6.57. The largest absolute Gasteiger partial charge is 0.356 e. The molecule has 4 rings (SSSR count). The standard InChI is InChI=1S/C21H17N3O4/c1-13-6-8-14(9-7-13)18-10-15(23-28-18)11-22-19(25)12-24-20(26)16-4-2-3-5-17(16)21(24)27/h2-10H,11-12H2,1H3,(H,22,25). The lowest BCUT2D eigenvalue weighted by atomic mass is 10.1. The molecule has 1 aromatic heterocycles. The Bertz CT molecular complexity index is 1030. The van der Waals surface area contributed by atoms with Gasteiger partial charge in [0.05, 0.1) is 17.7 Å². The Balaban J connectivity index is 1.36. The van der Waals surface area contributed by atoms with E-state index in [2.05, 4.69) is 10.5 Å². The Kier molecular flexibility index (Phi) is 4.49. The number of hydrogen-bond acceptors (Lipinski definition) is 5. The van der Waals surface area contributed by atoms with Crippen LogP contribution in [0.15, 0.2) is 59.1 Å². The van der Waals surface area contributed by atoms with Gasteiger partial charge in [-0.1, -0.05) is 47.1 Å². The maximum atomic E-state index is 12.3. The maximum absolute atomic E-state index is 12.3. The number of amides is 3. The Morgan fingerprint density at radius 2 is 1.68 bits per heavy atom.